The molecule has 0 unspecified atom stereocenters. The lowest BCUT2D eigenvalue weighted by Crippen LogP contribution is -2.49. The van der Waals surface area contributed by atoms with Gasteiger partial charge in [-0.1, -0.05) is 13.3 Å². The molecule has 1 heterocycles. The number of hydrogen-bond acceptors (Lipinski definition) is 4. The minimum absolute atomic E-state index is 0.270. The smallest absolute Gasteiger partial charge is 0.214 e. The van der Waals surface area contributed by atoms with E-state index in [9.17, 15) is 8.42 Å². The Balaban J connectivity index is 1.91. The van der Waals surface area contributed by atoms with Crippen molar-refractivity contribution < 1.29 is 13.2 Å². The maximum Gasteiger partial charge on any atom is 0.214 e. The summed E-state index contributed by atoms with van der Waals surface area (Å²) in [4.78, 5) is 2.22. The molecule has 0 N–H and O–H groups in total. The highest BCUT2D eigenvalue weighted by atomic mass is 32.2. The number of benzene rings is 1. The van der Waals surface area contributed by atoms with Gasteiger partial charge in [0.05, 0.1) is 12.4 Å². The first-order valence-corrected chi connectivity index (χ1v) is 9.63. The fourth-order valence-corrected chi connectivity index (χ4v) is 4.23. The molecule has 1 saturated heterocycles. The van der Waals surface area contributed by atoms with E-state index in [2.05, 4.69) is 4.90 Å². The Hall–Kier alpha value is -1.27. The molecule has 1 fully saturated rings. The summed E-state index contributed by atoms with van der Waals surface area (Å²) in [6.45, 7) is 7.25. The molecule has 0 aliphatic carbocycles. The fourth-order valence-electron chi connectivity index (χ4n) is 2.60. The van der Waals surface area contributed by atoms with E-state index in [0.29, 0.717) is 19.7 Å². The summed E-state index contributed by atoms with van der Waals surface area (Å²) in [6.07, 6.45) is 1.65. The van der Waals surface area contributed by atoms with Gasteiger partial charge in [-0.15, -0.1) is 0 Å². The minimum atomic E-state index is -3.08. The van der Waals surface area contributed by atoms with Crippen LogP contribution < -0.4 is 9.64 Å². The zero-order chi connectivity index (χ0) is 16.0. The molecule has 0 bridgehead atoms. The summed E-state index contributed by atoms with van der Waals surface area (Å²) in [5, 5.41) is 0. The van der Waals surface area contributed by atoms with Gasteiger partial charge >= 0.3 is 0 Å². The number of piperazine rings is 1. The van der Waals surface area contributed by atoms with Crippen molar-refractivity contribution in [3.8, 4) is 5.75 Å². The first kappa shape index (κ1) is 17.1. The third kappa shape index (κ3) is 4.36. The van der Waals surface area contributed by atoms with Crippen LogP contribution >= 0.6 is 0 Å². The molecule has 0 spiro atoms. The Bertz CT molecular complexity index is 549. The van der Waals surface area contributed by atoms with Gasteiger partial charge in [-0.3, -0.25) is 0 Å². The molecule has 0 aromatic heterocycles. The number of rotatable bonds is 7. The van der Waals surface area contributed by atoms with Gasteiger partial charge in [-0.2, -0.15) is 4.31 Å². The van der Waals surface area contributed by atoms with Gasteiger partial charge in [0.15, 0.2) is 0 Å². The van der Waals surface area contributed by atoms with Crippen molar-refractivity contribution in [3.05, 3.63) is 24.3 Å². The maximum atomic E-state index is 12.2. The molecule has 0 atom stereocenters. The topological polar surface area (TPSA) is 49.9 Å². The molecule has 0 saturated carbocycles. The number of hydrogen-bond donors (Lipinski definition) is 0. The largest absolute Gasteiger partial charge is 0.494 e. The number of ether oxygens (including phenoxy) is 1. The second kappa shape index (κ2) is 7.83. The van der Waals surface area contributed by atoms with Crippen LogP contribution in [0.4, 0.5) is 5.69 Å². The van der Waals surface area contributed by atoms with E-state index in [0.717, 1.165) is 37.4 Å². The molecule has 124 valence electrons. The normalized spacial score (nSPS) is 16.7. The van der Waals surface area contributed by atoms with Gasteiger partial charge in [0.25, 0.3) is 0 Å². The average molecular weight is 326 g/mol. The van der Waals surface area contributed by atoms with Crippen LogP contribution in [0.3, 0.4) is 0 Å². The SMILES string of the molecule is CCCCS(=O)(=O)N1CCN(c2ccc(OCC)cc2)CC1. The van der Waals surface area contributed by atoms with E-state index in [1.54, 1.807) is 4.31 Å². The van der Waals surface area contributed by atoms with Crippen LogP contribution in [0.1, 0.15) is 26.7 Å². The zero-order valence-electron chi connectivity index (χ0n) is 13.5. The van der Waals surface area contributed by atoms with Gasteiger partial charge in [-0.05, 0) is 37.6 Å². The predicted octanol–water partition coefficient (Wildman–Crippen LogP) is 2.34. The van der Waals surface area contributed by atoms with Crippen molar-refractivity contribution in [2.75, 3.05) is 43.4 Å². The Morgan fingerprint density at radius 3 is 2.23 bits per heavy atom. The van der Waals surface area contributed by atoms with E-state index >= 15 is 0 Å². The Morgan fingerprint density at radius 1 is 1.05 bits per heavy atom. The Morgan fingerprint density at radius 2 is 1.68 bits per heavy atom. The van der Waals surface area contributed by atoms with Gasteiger partial charge in [-0.25, -0.2) is 8.42 Å². The number of nitrogens with zero attached hydrogens (tertiary/aromatic N) is 2. The first-order valence-electron chi connectivity index (χ1n) is 8.02. The molecular formula is C16H26N2O3S. The molecule has 6 heteroatoms. The second-order valence-electron chi connectivity index (χ2n) is 5.48. The zero-order valence-corrected chi connectivity index (χ0v) is 14.3. The van der Waals surface area contributed by atoms with E-state index in [4.69, 9.17) is 4.74 Å². The molecule has 1 aliphatic heterocycles. The lowest BCUT2D eigenvalue weighted by molar-refractivity contribution is 0.340. The van der Waals surface area contributed by atoms with Crippen LogP contribution in [0, 0.1) is 0 Å². The van der Waals surface area contributed by atoms with E-state index in [1.807, 2.05) is 38.1 Å². The highest BCUT2D eigenvalue weighted by Crippen LogP contribution is 2.21. The molecule has 1 aromatic rings. The van der Waals surface area contributed by atoms with Crippen LogP contribution in [0.25, 0.3) is 0 Å². The third-order valence-electron chi connectivity index (χ3n) is 3.90. The average Bonchev–Trinajstić information content (AvgIpc) is 2.54. The summed E-state index contributed by atoms with van der Waals surface area (Å²) in [6, 6.07) is 7.99. The number of anilines is 1. The van der Waals surface area contributed by atoms with Crippen LogP contribution in [-0.2, 0) is 10.0 Å². The molecule has 22 heavy (non-hydrogen) atoms. The highest BCUT2D eigenvalue weighted by Gasteiger charge is 2.26. The number of sulfonamides is 1. The standard InChI is InChI=1S/C16H26N2O3S/c1-3-5-14-22(19,20)18-12-10-17(11-13-18)15-6-8-16(9-7-15)21-4-2/h6-9H,3-5,10-14H2,1-2H3. The molecule has 1 aliphatic rings. The molecule has 2 rings (SSSR count). The second-order valence-corrected chi connectivity index (χ2v) is 7.57. The van der Waals surface area contributed by atoms with Gasteiger partial charge in [0.1, 0.15) is 5.75 Å². The predicted molar refractivity (Wildman–Crippen MR) is 90.1 cm³/mol. The van der Waals surface area contributed by atoms with Crippen LogP contribution in [0.2, 0.25) is 0 Å². The lowest BCUT2D eigenvalue weighted by Gasteiger charge is -2.35. The van der Waals surface area contributed by atoms with Crippen molar-refractivity contribution in [1.82, 2.24) is 4.31 Å². The lowest BCUT2D eigenvalue weighted by atomic mass is 10.2. The van der Waals surface area contributed by atoms with E-state index < -0.39 is 10.0 Å². The molecule has 1 aromatic carbocycles. The van der Waals surface area contributed by atoms with Gasteiger partial charge < -0.3 is 9.64 Å². The third-order valence-corrected chi connectivity index (χ3v) is 5.86. The van der Waals surface area contributed by atoms with Gasteiger partial charge in [0, 0.05) is 31.9 Å². The summed E-state index contributed by atoms with van der Waals surface area (Å²) < 4.78 is 31.5. The van der Waals surface area contributed by atoms with Crippen LogP contribution in [0.15, 0.2) is 24.3 Å². The van der Waals surface area contributed by atoms with Crippen LogP contribution in [-0.4, -0.2) is 51.3 Å². The summed E-state index contributed by atoms with van der Waals surface area (Å²) in [7, 11) is -3.08. The number of unbranched alkanes of at least 4 members (excludes halogenated alkanes) is 1. The quantitative estimate of drug-likeness (QED) is 0.772. The maximum absolute atomic E-state index is 12.2. The van der Waals surface area contributed by atoms with Crippen molar-refractivity contribution in [1.29, 1.82) is 0 Å². The molecular weight excluding hydrogens is 300 g/mol. The fraction of sp³-hybridized carbons (Fsp3) is 0.625. The Kier molecular flexibility index (Phi) is 6.08. The summed E-state index contributed by atoms with van der Waals surface area (Å²) in [5.74, 6) is 1.14. The van der Waals surface area contributed by atoms with E-state index in [1.165, 1.54) is 0 Å². The molecule has 0 amide bonds. The van der Waals surface area contributed by atoms with Crippen molar-refractivity contribution in [3.63, 3.8) is 0 Å². The van der Waals surface area contributed by atoms with Crippen molar-refractivity contribution >= 4 is 15.7 Å². The molecule has 5 nitrogen and oxygen atoms in total. The van der Waals surface area contributed by atoms with E-state index in [-0.39, 0.29) is 5.75 Å². The summed E-state index contributed by atoms with van der Waals surface area (Å²) >= 11 is 0. The monoisotopic (exact) mass is 326 g/mol. The Labute approximate surface area is 133 Å². The summed E-state index contributed by atoms with van der Waals surface area (Å²) in [5.41, 5.74) is 1.12. The van der Waals surface area contributed by atoms with Gasteiger partial charge in [0.2, 0.25) is 10.0 Å². The highest BCUT2D eigenvalue weighted by molar-refractivity contribution is 7.89. The van der Waals surface area contributed by atoms with Crippen molar-refractivity contribution in [2.45, 2.75) is 26.7 Å². The minimum Gasteiger partial charge on any atom is -0.494 e. The van der Waals surface area contributed by atoms with Crippen molar-refractivity contribution in [2.24, 2.45) is 0 Å². The molecule has 0 radical (unpaired) electrons. The first-order chi connectivity index (χ1) is 10.6. The van der Waals surface area contributed by atoms with Crippen LogP contribution in [0.5, 0.6) is 5.75 Å².